The Morgan fingerprint density at radius 1 is 0.632 bits per heavy atom. The summed E-state index contributed by atoms with van der Waals surface area (Å²) < 4.78 is 5.90. The average molecular weight is 400 g/mol. The van der Waals surface area contributed by atoms with E-state index in [1.54, 1.807) is 0 Å². The number of rotatable bonds is 14. The Balaban J connectivity index is 3.34. The van der Waals surface area contributed by atoms with Crippen molar-refractivity contribution in [3.05, 3.63) is 0 Å². The molecule has 2 atom stereocenters. The third-order valence-electron chi connectivity index (χ3n) is 3.36. The highest BCUT2D eigenvalue weighted by atomic mass is 79.9. The van der Waals surface area contributed by atoms with E-state index in [4.69, 9.17) is 4.74 Å². The third-order valence-corrected chi connectivity index (χ3v) is 4.71. The molecule has 0 aliphatic carbocycles. The fourth-order valence-electron chi connectivity index (χ4n) is 2.11. The highest BCUT2D eigenvalue weighted by Gasteiger charge is 2.10. The second kappa shape index (κ2) is 15.3. The van der Waals surface area contributed by atoms with Gasteiger partial charge in [0.2, 0.25) is 0 Å². The maximum absolute atomic E-state index is 5.90. The van der Waals surface area contributed by atoms with E-state index in [2.05, 4.69) is 45.7 Å². The van der Waals surface area contributed by atoms with Crippen LogP contribution < -0.4 is 0 Å². The lowest BCUT2D eigenvalue weighted by atomic mass is 10.1. The first-order valence-electron chi connectivity index (χ1n) is 8.14. The van der Waals surface area contributed by atoms with Crippen LogP contribution in [0.4, 0.5) is 0 Å². The molecule has 0 rings (SSSR count). The monoisotopic (exact) mass is 398 g/mol. The van der Waals surface area contributed by atoms with Gasteiger partial charge in [-0.05, 0) is 25.7 Å². The molecule has 0 aliphatic heterocycles. The van der Waals surface area contributed by atoms with Gasteiger partial charge in [0.1, 0.15) is 10.0 Å². The van der Waals surface area contributed by atoms with E-state index in [-0.39, 0.29) is 10.0 Å². The van der Waals surface area contributed by atoms with Crippen molar-refractivity contribution in [2.75, 3.05) is 0 Å². The van der Waals surface area contributed by atoms with Crippen molar-refractivity contribution in [2.45, 2.75) is 101 Å². The standard InChI is InChI=1S/C16H32Br2O/c1-3-5-7-9-11-13-15(17)19-16(18)14-12-10-8-6-4-2/h15-16H,3-14H2,1-2H3. The van der Waals surface area contributed by atoms with Crippen LogP contribution >= 0.6 is 31.9 Å². The molecule has 0 saturated carbocycles. The Morgan fingerprint density at radius 2 is 1.00 bits per heavy atom. The van der Waals surface area contributed by atoms with Gasteiger partial charge in [-0.3, -0.25) is 0 Å². The van der Waals surface area contributed by atoms with Gasteiger partial charge in [-0.15, -0.1) is 0 Å². The van der Waals surface area contributed by atoms with Crippen LogP contribution in [0.5, 0.6) is 0 Å². The number of hydrogen-bond acceptors (Lipinski definition) is 1. The van der Waals surface area contributed by atoms with Gasteiger partial charge >= 0.3 is 0 Å². The summed E-state index contributed by atoms with van der Waals surface area (Å²) in [6.07, 6.45) is 15.6. The Labute approximate surface area is 137 Å². The normalized spacial score (nSPS) is 14.5. The minimum absolute atomic E-state index is 0.217. The second-order valence-corrected chi connectivity index (χ2v) is 7.40. The first kappa shape index (κ1) is 19.9. The van der Waals surface area contributed by atoms with E-state index in [1.165, 1.54) is 64.2 Å². The smallest absolute Gasteiger partial charge is 0.114 e. The first-order valence-corrected chi connectivity index (χ1v) is 9.97. The molecule has 0 amide bonds. The van der Waals surface area contributed by atoms with Gasteiger partial charge in [-0.2, -0.15) is 0 Å². The molecule has 0 aliphatic rings. The van der Waals surface area contributed by atoms with Crippen LogP contribution in [0.3, 0.4) is 0 Å². The summed E-state index contributed by atoms with van der Waals surface area (Å²) in [5.74, 6) is 0. The molecule has 19 heavy (non-hydrogen) atoms. The van der Waals surface area contributed by atoms with Crippen LogP contribution in [0.1, 0.15) is 90.9 Å². The SMILES string of the molecule is CCCCCCCC(Br)OC(Br)CCCCCCC. The van der Waals surface area contributed by atoms with E-state index in [9.17, 15) is 0 Å². The largest absolute Gasteiger partial charge is 0.353 e. The summed E-state index contributed by atoms with van der Waals surface area (Å²) >= 11 is 7.26. The summed E-state index contributed by atoms with van der Waals surface area (Å²) in [5, 5.41) is 0.434. The van der Waals surface area contributed by atoms with Gasteiger partial charge in [0, 0.05) is 0 Å². The van der Waals surface area contributed by atoms with Gasteiger partial charge in [0.05, 0.1) is 0 Å². The topological polar surface area (TPSA) is 9.23 Å². The maximum Gasteiger partial charge on any atom is 0.114 e. The van der Waals surface area contributed by atoms with Gasteiger partial charge < -0.3 is 4.74 Å². The van der Waals surface area contributed by atoms with Gasteiger partial charge in [0.25, 0.3) is 0 Å². The first-order chi connectivity index (χ1) is 9.20. The van der Waals surface area contributed by atoms with Crippen molar-refractivity contribution in [1.82, 2.24) is 0 Å². The molecular formula is C16H32Br2O. The number of unbranched alkanes of at least 4 members (excludes halogenated alkanes) is 8. The molecule has 0 aromatic rings. The van der Waals surface area contributed by atoms with Crippen molar-refractivity contribution in [1.29, 1.82) is 0 Å². The highest BCUT2D eigenvalue weighted by Crippen LogP contribution is 2.21. The predicted octanol–water partition coefficient (Wildman–Crippen LogP) is 7.17. The Morgan fingerprint density at radius 3 is 1.37 bits per heavy atom. The molecule has 0 aromatic carbocycles. The van der Waals surface area contributed by atoms with Crippen molar-refractivity contribution in [3.63, 3.8) is 0 Å². The molecule has 116 valence electrons. The lowest BCUT2D eigenvalue weighted by Crippen LogP contribution is -2.12. The van der Waals surface area contributed by atoms with Crippen LogP contribution in [0.2, 0.25) is 0 Å². The minimum atomic E-state index is 0.217. The van der Waals surface area contributed by atoms with Crippen LogP contribution in [0, 0.1) is 0 Å². The zero-order valence-electron chi connectivity index (χ0n) is 12.8. The molecule has 0 saturated heterocycles. The third kappa shape index (κ3) is 15.1. The average Bonchev–Trinajstić information content (AvgIpc) is 2.38. The van der Waals surface area contributed by atoms with Gasteiger partial charge in [0.15, 0.2) is 0 Å². The molecule has 2 unspecified atom stereocenters. The number of ether oxygens (including phenoxy) is 1. The van der Waals surface area contributed by atoms with Crippen molar-refractivity contribution in [2.24, 2.45) is 0 Å². The van der Waals surface area contributed by atoms with E-state index in [0.717, 1.165) is 12.8 Å². The summed E-state index contributed by atoms with van der Waals surface area (Å²) in [5.41, 5.74) is 0. The summed E-state index contributed by atoms with van der Waals surface area (Å²) in [4.78, 5) is 0. The van der Waals surface area contributed by atoms with Crippen molar-refractivity contribution < 1.29 is 4.74 Å². The number of hydrogen-bond donors (Lipinski definition) is 0. The molecule has 1 nitrogen and oxygen atoms in total. The number of alkyl halides is 2. The Bertz CT molecular complexity index is 158. The fraction of sp³-hybridized carbons (Fsp3) is 1.00. The molecule has 0 radical (unpaired) electrons. The molecule has 0 spiro atoms. The lowest BCUT2D eigenvalue weighted by molar-refractivity contribution is 0.0868. The molecule has 0 bridgehead atoms. The molecule has 0 heterocycles. The summed E-state index contributed by atoms with van der Waals surface area (Å²) in [6.45, 7) is 4.51. The second-order valence-electron chi connectivity index (χ2n) is 5.36. The van der Waals surface area contributed by atoms with Gasteiger partial charge in [-0.25, -0.2) is 0 Å². The Kier molecular flexibility index (Phi) is 16.1. The van der Waals surface area contributed by atoms with Crippen molar-refractivity contribution >= 4 is 31.9 Å². The molecule has 3 heteroatoms. The zero-order valence-corrected chi connectivity index (χ0v) is 16.0. The van der Waals surface area contributed by atoms with Crippen LogP contribution in [0.25, 0.3) is 0 Å². The molecule has 0 N–H and O–H groups in total. The molecule has 0 aromatic heterocycles. The van der Waals surface area contributed by atoms with Crippen molar-refractivity contribution in [3.8, 4) is 0 Å². The van der Waals surface area contributed by atoms with E-state index in [0.29, 0.717) is 0 Å². The summed E-state index contributed by atoms with van der Waals surface area (Å²) in [7, 11) is 0. The molecule has 0 fully saturated rings. The van der Waals surface area contributed by atoms with Gasteiger partial charge in [-0.1, -0.05) is 97.1 Å². The van der Waals surface area contributed by atoms with E-state index in [1.807, 2.05) is 0 Å². The van der Waals surface area contributed by atoms with E-state index < -0.39 is 0 Å². The summed E-state index contributed by atoms with van der Waals surface area (Å²) in [6, 6.07) is 0. The fourth-order valence-corrected chi connectivity index (χ4v) is 3.57. The minimum Gasteiger partial charge on any atom is -0.353 e. The predicted molar refractivity (Wildman–Crippen MR) is 93.3 cm³/mol. The van der Waals surface area contributed by atoms with Crippen LogP contribution in [-0.4, -0.2) is 10.0 Å². The zero-order chi connectivity index (χ0) is 14.3. The Hall–Kier alpha value is 0.920. The van der Waals surface area contributed by atoms with Crippen LogP contribution in [0.15, 0.2) is 0 Å². The molecular weight excluding hydrogens is 368 g/mol. The van der Waals surface area contributed by atoms with E-state index >= 15 is 0 Å². The highest BCUT2D eigenvalue weighted by molar-refractivity contribution is 9.10. The maximum atomic E-state index is 5.90. The lowest BCUT2D eigenvalue weighted by Gasteiger charge is -2.16. The number of halogens is 2. The quantitative estimate of drug-likeness (QED) is 0.222. The van der Waals surface area contributed by atoms with Crippen LogP contribution in [-0.2, 0) is 4.74 Å².